The van der Waals surface area contributed by atoms with Gasteiger partial charge in [0.1, 0.15) is 0 Å². The monoisotopic (exact) mass is 284 g/mol. The molecule has 1 aliphatic heterocycles. The minimum atomic E-state index is -0.323. The largest absolute Gasteiger partial charge is 0.466 e. The maximum atomic E-state index is 12.0. The van der Waals surface area contributed by atoms with Gasteiger partial charge in [0.05, 0.1) is 20.1 Å². The molecule has 1 aliphatic rings. The Bertz CT molecular complexity index is 381. The summed E-state index contributed by atoms with van der Waals surface area (Å²) < 4.78 is 9.60. The third kappa shape index (κ3) is 4.52. The molecule has 1 fully saturated rings. The Labute approximate surface area is 120 Å². The van der Waals surface area contributed by atoms with Gasteiger partial charge in [-0.2, -0.15) is 0 Å². The van der Waals surface area contributed by atoms with Crippen molar-refractivity contribution in [3.05, 3.63) is 11.8 Å². The number of hydrogen-bond donors (Lipinski definition) is 0. The highest BCUT2D eigenvalue weighted by Gasteiger charge is 2.26. The molecule has 114 valence electrons. The molecule has 0 spiro atoms. The van der Waals surface area contributed by atoms with Crippen molar-refractivity contribution in [2.24, 2.45) is 0 Å². The summed E-state index contributed by atoms with van der Waals surface area (Å²) in [6.45, 7) is 6.29. The van der Waals surface area contributed by atoms with Gasteiger partial charge in [-0.15, -0.1) is 0 Å². The Morgan fingerprint density at radius 1 is 1.30 bits per heavy atom. The van der Waals surface area contributed by atoms with Gasteiger partial charge in [-0.25, -0.2) is 4.79 Å². The maximum Gasteiger partial charge on any atom is 0.334 e. The standard InChI is InChI=1S/C14H24N2O4/c1-11(14(18)20-4)9-15-6-7-16(12(2)10-15)13(17)5-8-19-3/h9,12H,5-8,10H2,1-4H3. The lowest BCUT2D eigenvalue weighted by Gasteiger charge is -2.39. The van der Waals surface area contributed by atoms with Gasteiger partial charge in [-0.3, -0.25) is 4.79 Å². The van der Waals surface area contributed by atoms with E-state index in [2.05, 4.69) is 9.64 Å². The summed E-state index contributed by atoms with van der Waals surface area (Å²) in [5.41, 5.74) is 0.568. The van der Waals surface area contributed by atoms with Gasteiger partial charge in [0, 0.05) is 44.6 Å². The van der Waals surface area contributed by atoms with E-state index in [1.165, 1.54) is 7.11 Å². The van der Waals surface area contributed by atoms with Crippen LogP contribution in [0.3, 0.4) is 0 Å². The van der Waals surface area contributed by atoms with Crippen LogP contribution in [0.4, 0.5) is 0 Å². The number of hydrogen-bond acceptors (Lipinski definition) is 5. The molecule has 0 aliphatic carbocycles. The van der Waals surface area contributed by atoms with E-state index < -0.39 is 0 Å². The molecule has 0 bridgehead atoms. The highest BCUT2D eigenvalue weighted by atomic mass is 16.5. The van der Waals surface area contributed by atoms with E-state index in [4.69, 9.17) is 4.74 Å². The highest BCUT2D eigenvalue weighted by molar-refractivity contribution is 5.87. The van der Waals surface area contributed by atoms with E-state index in [1.807, 2.05) is 11.8 Å². The fourth-order valence-corrected chi connectivity index (χ4v) is 2.29. The molecule has 0 saturated carbocycles. The van der Waals surface area contributed by atoms with Crippen LogP contribution < -0.4 is 0 Å². The van der Waals surface area contributed by atoms with Crippen molar-refractivity contribution < 1.29 is 19.1 Å². The molecule has 0 aromatic rings. The average molecular weight is 284 g/mol. The zero-order valence-corrected chi connectivity index (χ0v) is 12.7. The van der Waals surface area contributed by atoms with Gasteiger partial charge in [-0.1, -0.05) is 0 Å². The first-order valence-electron chi connectivity index (χ1n) is 6.78. The second-order valence-corrected chi connectivity index (χ2v) is 4.98. The van der Waals surface area contributed by atoms with Crippen LogP contribution >= 0.6 is 0 Å². The smallest absolute Gasteiger partial charge is 0.334 e. The second-order valence-electron chi connectivity index (χ2n) is 4.98. The van der Waals surface area contributed by atoms with Crippen LogP contribution in [0.15, 0.2) is 11.8 Å². The normalized spacial score (nSPS) is 20.0. The molecular formula is C14H24N2O4. The van der Waals surface area contributed by atoms with Gasteiger partial charge in [0.25, 0.3) is 0 Å². The zero-order valence-electron chi connectivity index (χ0n) is 12.7. The second kappa shape index (κ2) is 7.89. The summed E-state index contributed by atoms with van der Waals surface area (Å²) in [4.78, 5) is 27.3. The van der Waals surface area contributed by atoms with Gasteiger partial charge >= 0.3 is 5.97 Å². The number of carbonyl (C=O) groups is 2. The lowest BCUT2D eigenvalue weighted by atomic mass is 10.1. The Hall–Kier alpha value is -1.56. The molecule has 1 heterocycles. The Morgan fingerprint density at radius 2 is 2.00 bits per heavy atom. The van der Waals surface area contributed by atoms with Gasteiger partial charge in [-0.05, 0) is 13.8 Å². The first-order valence-corrected chi connectivity index (χ1v) is 6.78. The Kier molecular flexibility index (Phi) is 6.51. The van der Waals surface area contributed by atoms with Crippen LogP contribution in [0.5, 0.6) is 0 Å². The van der Waals surface area contributed by atoms with Crippen LogP contribution in [0.1, 0.15) is 20.3 Å². The van der Waals surface area contributed by atoms with E-state index in [0.717, 1.165) is 6.54 Å². The number of piperazine rings is 1. The summed E-state index contributed by atoms with van der Waals surface area (Å²) >= 11 is 0. The number of rotatable bonds is 5. The Balaban J connectivity index is 2.55. The summed E-state index contributed by atoms with van der Waals surface area (Å²) in [6.07, 6.45) is 2.22. The summed E-state index contributed by atoms with van der Waals surface area (Å²) in [7, 11) is 2.96. The van der Waals surface area contributed by atoms with Crippen LogP contribution in [-0.4, -0.2) is 68.2 Å². The van der Waals surface area contributed by atoms with Crippen LogP contribution in [-0.2, 0) is 19.1 Å². The number of methoxy groups -OCH3 is 2. The fraction of sp³-hybridized carbons (Fsp3) is 0.714. The molecule has 1 amide bonds. The maximum absolute atomic E-state index is 12.0. The van der Waals surface area contributed by atoms with Gasteiger partial charge in [0.15, 0.2) is 0 Å². The number of carbonyl (C=O) groups excluding carboxylic acids is 2. The van der Waals surface area contributed by atoms with E-state index in [1.54, 1.807) is 20.2 Å². The highest BCUT2D eigenvalue weighted by Crippen LogP contribution is 2.13. The van der Waals surface area contributed by atoms with Crippen LogP contribution in [0.25, 0.3) is 0 Å². The first-order chi connectivity index (χ1) is 9.49. The van der Waals surface area contributed by atoms with E-state index in [9.17, 15) is 9.59 Å². The fourth-order valence-electron chi connectivity index (χ4n) is 2.29. The van der Waals surface area contributed by atoms with Crippen molar-refractivity contribution in [3.8, 4) is 0 Å². The van der Waals surface area contributed by atoms with Gasteiger partial charge < -0.3 is 19.3 Å². The lowest BCUT2D eigenvalue weighted by Crippen LogP contribution is -2.52. The quantitative estimate of drug-likeness (QED) is 0.547. The minimum Gasteiger partial charge on any atom is -0.466 e. The van der Waals surface area contributed by atoms with Gasteiger partial charge in [0.2, 0.25) is 5.91 Å². The molecule has 1 unspecified atom stereocenters. The predicted molar refractivity (Wildman–Crippen MR) is 75.0 cm³/mol. The molecule has 0 aromatic heterocycles. The van der Waals surface area contributed by atoms with E-state index >= 15 is 0 Å². The number of esters is 1. The molecular weight excluding hydrogens is 260 g/mol. The molecule has 0 N–H and O–H groups in total. The molecule has 1 saturated heterocycles. The van der Waals surface area contributed by atoms with E-state index in [-0.39, 0.29) is 17.9 Å². The third-order valence-electron chi connectivity index (χ3n) is 3.38. The molecule has 6 nitrogen and oxygen atoms in total. The Morgan fingerprint density at radius 3 is 2.55 bits per heavy atom. The SMILES string of the molecule is COCCC(=O)N1CCN(C=C(C)C(=O)OC)CC1C. The van der Waals surface area contributed by atoms with Crippen molar-refractivity contribution in [2.75, 3.05) is 40.5 Å². The van der Waals surface area contributed by atoms with Crippen LogP contribution in [0.2, 0.25) is 0 Å². The minimum absolute atomic E-state index is 0.118. The number of ether oxygens (including phenoxy) is 2. The molecule has 1 atom stereocenters. The van der Waals surface area contributed by atoms with Crippen molar-refractivity contribution in [3.63, 3.8) is 0 Å². The lowest BCUT2D eigenvalue weighted by molar-refractivity contribution is -0.137. The molecule has 20 heavy (non-hydrogen) atoms. The first kappa shape index (κ1) is 16.5. The number of nitrogens with zero attached hydrogens (tertiary/aromatic N) is 2. The number of amides is 1. The molecule has 6 heteroatoms. The molecule has 0 aromatic carbocycles. The van der Waals surface area contributed by atoms with Crippen molar-refractivity contribution in [2.45, 2.75) is 26.3 Å². The topological polar surface area (TPSA) is 59.1 Å². The molecule has 1 rings (SSSR count). The third-order valence-corrected chi connectivity index (χ3v) is 3.38. The zero-order chi connectivity index (χ0) is 15.1. The van der Waals surface area contributed by atoms with Crippen molar-refractivity contribution >= 4 is 11.9 Å². The van der Waals surface area contributed by atoms with E-state index in [0.29, 0.717) is 31.7 Å². The summed E-state index contributed by atoms with van der Waals surface area (Å²) in [5, 5.41) is 0. The summed E-state index contributed by atoms with van der Waals surface area (Å²) in [5.74, 6) is -0.205. The predicted octanol–water partition coefficient (Wildman–Crippen LogP) is 0.632. The van der Waals surface area contributed by atoms with Crippen molar-refractivity contribution in [1.82, 2.24) is 9.80 Å². The molecule has 0 radical (unpaired) electrons. The van der Waals surface area contributed by atoms with Crippen molar-refractivity contribution in [1.29, 1.82) is 0 Å². The average Bonchev–Trinajstić information content (AvgIpc) is 2.43. The van der Waals surface area contributed by atoms with Crippen LogP contribution in [0, 0.1) is 0 Å². The summed E-state index contributed by atoms with van der Waals surface area (Å²) in [6, 6.07) is 0.120.